The highest BCUT2D eigenvalue weighted by molar-refractivity contribution is 5.80. The summed E-state index contributed by atoms with van der Waals surface area (Å²) >= 11 is 0. The number of aromatic nitrogens is 4. The molecule has 0 aliphatic carbocycles. The number of benzene rings is 1. The fourth-order valence-electron chi connectivity index (χ4n) is 3.27. The molecule has 1 aliphatic rings. The first-order chi connectivity index (χ1) is 11.2. The molecule has 1 atom stereocenters. The van der Waals surface area contributed by atoms with Crippen LogP contribution in [0.25, 0.3) is 22.6 Å². The van der Waals surface area contributed by atoms with E-state index in [0.29, 0.717) is 5.82 Å². The molecular weight excluding hydrogens is 290 g/mol. The van der Waals surface area contributed by atoms with Gasteiger partial charge in [0.1, 0.15) is 5.69 Å². The zero-order valence-electron chi connectivity index (χ0n) is 12.9. The Bertz CT molecular complexity index is 858. The molecule has 1 N–H and O–H groups in total. The number of nitrogens with one attached hydrogen (secondary N) is 1. The molecule has 23 heavy (non-hydrogen) atoms. The van der Waals surface area contributed by atoms with Crippen LogP contribution >= 0.6 is 0 Å². The van der Waals surface area contributed by atoms with Gasteiger partial charge in [0.15, 0.2) is 5.82 Å². The molecule has 1 amide bonds. The standard InChI is InChI=1S/C17H17N5O/c1-11(23)22-8-2-3-16(22)12-4-5-13-14(9-12)21-17(20-13)15-10-18-6-7-19-15/h4-7,9-10,16H,2-3,8H2,1H3,(H,20,21). The number of amides is 1. The van der Waals surface area contributed by atoms with Crippen molar-refractivity contribution in [2.24, 2.45) is 0 Å². The van der Waals surface area contributed by atoms with Crippen LogP contribution in [-0.2, 0) is 4.79 Å². The summed E-state index contributed by atoms with van der Waals surface area (Å²) in [4.78, 5) is 29.9. The normalized spacial score (nSPS) is 17.8. The molecule has 0 spiro atoms. The van der Waals surface area contributed by atoms with Crippen molar-refractivity contribution in [1.82, 2.24) is 24.8 Å². The summed E-state index contributed by atoms with van der Waals surface area (Å²) in [5.74, 6) is 0.845. The number of fused-ring (bicyclic) bond motifs is 1. The van der Waals surface area contributed by atoms with Crippen molar-refractivity contribution in [2.45, 2.75) is 25.8 Å². The van der Waals surface area contributed by atoms with Crippen molar-refractivity contribution in [1.29, 1.82) is 0 Å². The van der Waals surface area contributed by atoms with Gasteiger partial charge >= 0.3 is 0 Å². The highest BCUT2D eigenvalue weighted by atomic mass is 16.2. The summed E-state index contributed by atoms with van der Waals surface area (Å²) in [6.07, 6.45) is 7.04. The lowest BCUT2D eigenvalue weighted by molar-refractivity contribution is -0.129. The Hall–Kier alpha value is -2.76. The molecule has 2 aromatic heterocycles. The molecule has 1 unspecified atom stereocenters. The van der Waals surface area contributed by atoms with Crippen molar-refractivity contribution in [3.8, 4) is 11.5 Å². The van der Waals surface area contributed by atoms with Crippen LogP contribution in [0.5, 0.6) is 0 Å². The topological polar surface area (TPSA) is 74.8 Å². The molecule has 1 fully saturated rings. The maximum atomic E-state index is 11.8. The zero-order chi connectivity index (χ0) is 15.8. The van der Waals surface area contributed by atoms with Gasteiger partial charge in [-0.1, -0.05) is 6.07 Å². The number of carbonyl (C=O) groups excluding carboxylic acids is 1. The number of likely N-dealkylation sites (tertiary alicyclic amines) is 1. The van der Waals surface area contributed by atoms with Crippen molar-refractivity contribution in [2.75, 3.05) is 6.54 Å². The smallest absolute Gasteiger partial charge is 0.219 e. The minimum atomic E-state index is 0.137. The van der Waals surface area contributed by atoms with Gasteiger partial charge in [-0.05, 0) is 30.5 Å². The molecule has 6 nitrogen and oxygen atoms in total. The quantitative estimate of drug-likeness (QED) is 0.790. The van der Waals surface area contributed by atoms with E-state index in [1.807, 2.05) is 11.0 Å². The van der Waals surface area contributed by atoms with Gasteiger partial charge in [-0.25, -0.2) is 9.97 Å². The Balaban J connectivity index is 1.72. The Labute approximate surface area is 133 Å². The van der Waals surface area contributed by atoms with Crippen molar-refractivity contribution >= 4 is 16.9 Å². The first kappa shape index (κ1) is 13.9. The van der Waals surface area contributed by atoms with Crippen LogP contribution in [0.15, 0.2) is 36.8 Å². The van der Waals surface area contributed by atoms with E-state index in [4.69, 9.17) is 0 Å². The van der Waals surface area contributed by atoms with Gasteiger partial charge in [0.25, 0.3) is 0 Å². The molecule has 1 saturated heterocycles. The number of carbonyl (C=O) groups is 1. The fourth-order valence-corrected chi connectivity index (χ4v) is 3.27. The predicted molar refractivity (Wildman–Crippen MR) is 86.5 cm³/mol. The fraction of sp³-hybridized carbons (Fsp3) is 0.294. The van der Waals surface area contributed by atoms with Crippen LogP contribution < -0.4 is 0 Å². The number of hydrogen-bond donors (Lipinski definition) is 1. The monoisotopic (exact) mass is 307 g/mol. The van der Waals surface area contributed by atoms with E-state index in [-0.39, 0.29) is 11.9 Å². The van der Waals surface area contributed by atoms with Crippen molar-refractivity contribution < 1.29 is 4.79 Å². The van der Waals surface area contributed by atoms with Crippen LogP contribution in [-0.4, -0.2) is 37.3 Å². The van der Waals surface area contributed by atoms with E-state index in [9.17, 15) is 4.79 Å². The summed E-state index contributed by atoms with van der Waals surface area (Å²) in [6.45, 7) is 2.48. The molecule has 6 heteroatoms. The van der Waals surface area contributed by atoms with Crippen molar-refractivity contribution in [3.05, 3.63) is 42.4 Å². The largest absolute Gasteiger partial charge is 0.337 e. The third-order valence-electron chi connectivity index (χ3n) is 4.35. The second-order valence-electron chi connectivity index (χ2n) is 5.82. The van der Waals surface area contributed by atoms with Gasteiger partial charge in [-0.15, -0.1) is 0 Å². The summed E-state index contributed by atoms with van der Waals surface area (Å²) in [6, 6.07) is 6.32. The first-order valence-corrected chi connectivity index (χ1v) is 7.75. The molecular formula is C17H17N5O. The van der Waals surface area contributed by atoms with Gasteiger partial charge in [0.05, 0.1) is 23.3 Å². The maximum absolute atomic E-state index is 11.8. The SMILES string of the molecule is CC(=O)N1CCCC1c1ccc2nc(-c3cnccn3)[nH]c2c1. The van der Waals surface area contributed by atoms with Gasteiger partial charge in [-0.2, -0.15) is 0 Å². The van der Waals surface area contributed by atoms with E-state index in [0.717, 1.165) is 41.7 Å². The highest BCUT2D eigenvalue weighted by Crippen LogP contribution is 2.33. The first-order valence-electron chi connectivity index (χ1n) is 7.75. The third kappa shape index (κ3) is 2.46. The number of nitrogens with zero attached hydrogens (tertiary/aromatic N) is 4. The minimum absolute atomic E-state index is 0.137. The van der Waals surface area contributed by atoms with Gasteiger partial charge in [0, 0.05) is 25.9 Å². The number of hydrogen-bond acceptors (Lipinski definition) is 4. The second kappa shape index (κ2) is 5.46. The molecule has 4 rings (SSSR count). The van der Waals surface area contributed by atoms with Crippen LogP contribution in [0.3, 0.4) is 0 Å². The van der Waals surface area contributed by atoms with Crippen molar-refractivity contribution in [3.63, 3.8) is 0 Å². The summed E-state index contributed by atoms with van der Waals surface area (Å²) in [5.41, 5.74) is 3.72. The molecule has 0 saturated carbocycles. The molecule has 1 aliphatic heterocycles. The van der Waals surface area contributed by atoms with Gasteiger partial charge in [0.2, 0.25) is 5.91 Å². The lowest BCUT2D eigenvalue weighted by Gasteiger charge is -2.23. The molecule has 116 valence electrons. The lowest BCUT2D eigenvalue weighted by Crippen LogP contribution is -2.27. The maximum Gasteiger partial charge on any atom is 0.219 e. The van der Waals surface area contributed by atoms with E-state index >= 15 is 0 Å². The zero-order valence-corrected chi connectivity index (χ0v) is 12.9. The molecule has 3 aromatic rings. The number of aromatic amines is 1. The van der Waals surface area contributed by atoms with Gasteiger partial charge in [-0.3, -0.25) is 9.78 Å². The predicted octanol–water partition coefficient (Wildman–Crippen LogP) is 2.70. The number of imidazole rings is 1. The van der Waals surface area contributed by atoms with Crippen LogP contribution in [0, 0.1) is 0 Å². The highest BCUT2D eigenvalue weighted by Gasteiger charge is 2.28. The van der Waals surface area contributed by atoms with Gasteiger partial charge < -0.3 is 9.88 Å². The lowest BCUT2D eigenvalue weighted by atomic mass is 10.0. The Kier molecular flexibility index (Phi) is 3.29. The molecule has 3 heterocycles. The van der Waals surface area contributed by atoms with E-state index in [2.05, 4.69) is 32.1 Å². The second-order valence-corrected chi connectivity index (χ2v) is 5.82. The van der Waals surface area contributed by atoms with E-state index in [1.54, 1.807) is 25.5 Å². The average molecular weight is 307 g/mol. The third-order valence-corrected chi connectivity index (χ3v) is 4.35. The van der Waals surface area contributed by atoms with Crippen LogP contribution in [0.1, 0.15) is 31.4 Å². The Morgan fingerprint density at radius 2 is 2.26 bits per heavy atom. The minimum Gasteiger partial charge on any atom is -0.337 e. The summed E-state index contributed by atoms with van der Waals surface area (Å²) in [7, 11) is 0. The summed E-state index contributed by atoms with van der Waals surface area (Å²) < 4.78 is 0. The van der Waals surface area contributed by atoms with Crippen LogP contribution in [0.4, 0.5) is 0 Å². The van der Waals surface area contributed by atoms with Crippen LogP contribution in [0.2, 0.25) is 0 Å². The van der Waals surface area contributed by atoms with E-state index < -0.39 is 0 Å². The molecule has 0 bridgehead atoms. The van der Waals surface area contributed by atoms with E-state index in [1.165, 1.54) is 0 Å². The Morgan fingerprint density at radius 3 is 3.04 bits per heavy atom. The molecule has 1 aromatic carbocycles. The summed E-state index contributed by atoms with van der Waals surface area (Å²) in [5, 5.41) is 0. The number of rotatable bonds is 2. The Morgan fingerprint density at radius 1 is 1.35 bits per heavy atom. The molecule has 0 radical (unpaired) electrons. The number of H-pyrrole nitrogens is 1. The average Bonchev–Trinajstić information content (AvgIpc) is 3.21.